The van der Waals surface area contributed by atoms with E-state index in [0.29, 0.717) is 0 Å². The van der Waals surface area contributed by atoms with E-state index in [0.717, 1.165) is 45.7 Å². The SMILES string of the molecule is C1COCCO1.C=CCCCC(C)C(=O)O. The Morgan fingerprint density at radius 2 is 1.88 bits per heavy atom. The molecule has 0 amide bonds. The molecule has 1 N–H and O–H groups in total. The molecule has 1 fully saturated rings. The molecule has 1 saturated heterocycles. The van der Waals surface area contributed by atoms with Gasteiger partial charge >= 0.3 is 5.97 Å². The number of aliphatic carboxylic acids is 1. The van der Waals surface area contributed by atoms with Crippen LogP contribution in [-0.2, 0) is 14.3 Å². The lowest BCUT2D eigenvalue weighted by Crippen LogP contribution is -2.16. The van der Waals surface area contributed by atoms with Gasteiger partial charge in [0.05, 0.1) is 32.3 Å². The topological polar surface area (TPSA) is 55.8 Å². The molecule has 0 aliphatic carbocycles. The van der Waals surface area contributed by atoms with Crippen molar-refractivity contribution >= 4 is 5.97 Å². The van der Waals surface area contributed by atoms with Crippen molar-refractivity contribution in [2.24, 2.45) is 5.92 Å². The van der Waals surface area contributed by atoms with E-state index in [1.165, 1.54) is 0 Å². The lowest BCUT2D eigenvalue weighted by molar-refractivity contribution is -0.141. The highest BCUT2D eigenvalue weighted by atomic mass is 16.6. The van der Waals surface area contributed by atoms with Crippen molar-refractivity contribution in [2.45, 2.75) is 26.2 Å². The molecule has 0 saturated carbocycles. The van der Waals surface area contributed by atoms with E-state index >= 15 is 0 Å². The lowest BCUT2D eigenvalue weighted by atomic mass is 10.0. The zero-order valence-corrected chi connectivity index (χ0v) is 9.98. The normalized spacial score (nSPS) is 16.8. The largest absolute Gasteiger partial charge is 0.481 e. The van der Waals surface area contributed by atoms with E-state index in [4.69, 9.17) is 14.6 Å². The number of unbranched alkanes of at least 4 members (excludes halogenated alkanes) is 1. The number of carboxylic acid groups (broad SMARTS) is 1. The predicted molar refractivity (Wildman–Crippen MR) is 62.5 cm³/mol. The van der Waals surface area contributed by atoms with Crippen molar-refractivity contribution < 1.29 is 19.4 Å². The van der Waals surface area contributed by atoms with Crippen LogP contribution in [0.1, 0.15) is 26.2 Å². The minimum absolute atomic E-state index is 0.208. The van der Waals surface area contributed by atoms with Gasteiger partial charge < -0.3 is 14.6 Å². The van der Waals surface area contributed by atoms with E-state index < -0.39 is 5.97 Å². The molecule has 0 spiro atoms. The number of hydrogen-bond donors (Lipinski definition) is 1. The highest BCUT2D eigenvalue weighted by molar-refractivity contribution is 5.69. The van der Waals surface area contributed by atoms with Crippen LogP contribution >= 0.6 is 0 Å². The van der Waals surface area contributed by atoms with Crippen LogP contribution in [-0.4, -0.2) is 37.5 Å². The first-order valence-electron chi connectivity index (χ1n) is 5.67. The Bertz CT molecular complexity index is 176. The molecule has 0 aromatic rings. The fourth-order valence-corrected chi connectivity index (χ4v) is 1.13. The average molecular weight is 230 g/mol. The number of rotatable bonds is 5. The van der Waals surface area contributed by atoms with Gasteiger partial charge in [-0.15, -0.1) is 6.58 Å². The average Bonchev–Trinajstić information content (AvgIpc) is 2.32. The first kappa shape index (κ1) is 15.1. The Morgan fingerprint density at radius 3 is 2.19 bits per heavy atom. The number of carboxylic acids is 1. The smallest absolute Gasteiger partial charge is 0.306 e. The van der Waals surface area contributed by atoms with Gasteiger partial charge in [0, 0.05) is 0 Å². The molecule has 0 radical (unpaired) electrons. The fraction of sp³-hybridized carbons (Fsp3) is 0.750. The summed E-state index contributed by atoms with van der Waals surface area (Å²) in [7, 11) is 0. The summed E-state index contributed by atoms with van der Waals surface area (Å²) in [4.78, 5) is 10.3. The minimum Gasteiger partial charge on any atom is -0.481 e. The van der Waals surface area contributed by atoms with Gasteiger partial charge in [-0.3, -0.25) is 4.79 Å². The van der Waals surface area contributed by atoms with E-state index in [9.17, 15) is 4.79 Å². The summed E-state index contributed by atoms with van der Waals surface area (Å²) in [5.74, 6) is -0.913. The third kappa shape index (κ3) is 9.68. The second kappa shape index (κ2) is 10.6. The lowest BCUT2D eigenvalue weighted by Gasteiger charge is -2.09. The fourth-order valence-electron chi connectivity index (χ4n) is 1.13. The van der Waals surface area contributed by atoms with E-state index in [2.05, 4.69) is 6.58 Å². The Hall–Kier alpha value is -0.870. The molecule has 1 heterocycles. The summed E-state index contributed by atoms with van der Waals surface area (Å²) in [5.41, 5.74) is 0. The summed E-state index contributed by atoms with van der Waals surface area (Å²) in [6, 6.07) is 0. The van der Waals surface area contributed by atoms with Gasteiger partial charge in [0.25, 0.3) is 0 Å². The summed E-state index contributed by atoms with van der Waals surface area (Å²) >= 11 is 0. The molecule has 94 valence electrons. The second-order valence-corrected chi connectivity index (χ2v) is 3.68. The molecule has 16 heavy (non-hydrogen) atoms. The van der Waals surface area contributed by atoms with Crippen molar-refractivity contribution in [1.29, 1.82) is 0 Å². The van der Waals surface area contributed by atoms with E-state index in [1.807, 2.05) is 6.08 Å². The number of ether oxygens (including phenoxy) is 2. The van der Waals surface area contributed by atoms with Crippen molar-refractivity contribution in [3.05, 3.63) is 12.7 Å². The molecule has 1 atom stereocenters. The van der Waals surface area contributed by atoms with Crippen LogP contribution in [0.2, 0.25) is 0 Å². The zero-order valence-electron chi connectivity index (χ0n) is 9.98. The van der Waals surface area contributed by atoms with Gasteiger partial charge in [0.15, 0.2) is 0 Å². The standard InChI is InChI=1S/C8H14O2.C4H8O2/c1-3-4-5-6-7(2)8(9)10;1-2-6-4-3-5-1/h3,7H,1,4-6H2,2H3,(H,9,10);1-4H2. The van der Waals surface area contributed by atoms with Crippen LogP contribution < -0.4 is 0 Å². The summed E-state index contributed by atoms with van der Waals surface area (Å²) in [6.07, 6.45) is 4.41. The van der Waals surface area contributed by atoms with Crippen molar-refractivity contribution in [2.75, 3.05) is 26.4 Å². The van der Waals surface area contributed by atoms with Gasteiger partial charge in [0.1, 0.15) is 0 Å². The van der Waals surface area contributed by atoms with Gasteiger partial charge in [-0.05, 0) is 19.3 Å². The Balaban J connectivity index is 0.000000315. The van der Waals surface area contributed by atoms with Gasteiger partial charge in [-0.2, -0.15) is 0 Å². The monoisotopic (exact) mass is 230 g/mol. The van der Waals surface area contributed by atoms with Crippen LogP contribution in [0.3, 0.4) is 0 Å². The van der Waals surface area contributed by atoms with Crippen molar-refractivity contribution in [1.82, 2.24) is 0 Å². The molecule has 1 aliphatic heterocycles. The molecule has 0 bridgehead atoms. The number of allylic oxidation sites excluding steroid dienone is 1. The van der Waals surface area contributed by atoms with E-state index in [-0.39, 0.29) is 5.92 Å². The maximum Gasteiger partial charge on any atom is 0.306 e. The van der Waals surface area contributed by atoms with Crippen LogP contribution in [0.5, 0.6) is 0 Å². The predicted octanol–water partition coefficient (Wildman–Crippen LogP) is 2.10. The molecular weight excluding hydrogens is 208 g/mol. The maximum atomic E-state index is 10.3. The van der Waals surface area contributed by atoms with Gasteiger partial charge in [0.2, 0.25) is 0 Å². The van der Waals surface area contributed by atoms with Crippen LogP contribution in [0, 0.1) is 5.92 Å². The Labute approximate surface area is 97.2 Å². The first-order valence-corrected chi connectivity index (χ1v) is 5.67. The highest BCUT2D eigenvalue weighted by Gasteiger charge is 2.08. The van der Waals surface area contributed by atoms with Crippen molar-refractivity contribution in [3.63, 3.8) is 0 Å². The molecule has 1 aliphatic rings. The van der Waals surface area contributed by atoms with Crippen LogP contribution in [0.4, 0.5) is 0 Å². The molecule has 1 unspecified atom stereocenters. The number of carbonyl (C=O) groups is 1. The van der Waals surface area contributed by atoms with E-state index in [1.54, 1.807) is 6.92 Å². The third-order valence-corrected chi connectivity index (χ3v) is 2.21. The highest BCUT2D eigenvalue weighted by Crippen LogP contribution is 2.07. The van der Waals surface area contributed by atoms with Crippen molar-refractivity contribution in [3.8, 4) is 0 Å². The third-order valence-electron chi connectivity index (χ3n) is 2.21. The maximum absolute atomic E-state index is 10.3. The Morgan fingerprint density at radius 1 is 1.38 bits per heavy atom. The molecule has 0 aromatic carbocycles. The molecule has 1 rings (SSSR count). The molecule has 0 aromatic heterocycles. The Kier molecular flexibility index (Phi) is 10.1. The summed E-state index contributed by atoms with van der Waals surface area (Å²) in [5, 5.41) is 8.46. The van der Waals surface area contributed by atoms with Crippen LogP contribution in [0.15, 0.2) is 12.7 Å². The van der Waals surface area contributed by atoms with Crippen LogP contribution in [0.25, 0.3) is 0 Å². The summed E-state index contributed by atoms with van der Waals surface area (Å²) in [6.45, 7) is 8.39. The summed E-state index contributed by atoms with van der Waals surface area (Å²) < 4.78 is 9.89. The second-order valence-electron chi connectivity index (χ2n) is 3.68. The molecule has 4 nitrogen and oxygen atoms in total. The number of hydrogen-bond acceptors (Lipinski definition) is 3. The zero-order chi connectivity index (χ0) is 12.2. The molecular formula is C12H22O4. The first-order chi connectivity index (χ1) is 7.68. The molecule has 4 heteroatoms. The van der Waals surface area contributed by atoms with Gasteiger partial charge in [-0.1, -0.05) is 13.0 Å². The minimum atomic E-state index is -0.705. The quantitative estimate of drug-likeness (QED) is 0.580. The van der Waals surface area contributed by atoms with Gasteiger partial charge in [-0.25, -0.2) is 0 Å².